The molecule has 2 rings (SSSR count). The summed E-state index contributed by atoms with van der Waals surface area (Å²) in [6.45, 7) is 1.62. The number of hydrogen-bond donors (Lipinski definition) is 2. The first-order valence-corrected chi connectivity index (χ1v) is 8.79. The van der Waals surface area contributed by atoms with Gasteiger partial charge < -0.3 is 15.4 Å². The van der Waals surface area contributed by atoms with Gasteiger partial charge in [0.2, 0.25) is 15.9 Å². The fraction of sp³-hybridized carbons (Fsp3) is 0.533. The van der Waals surface area contributed by atoms with Gasteiger partial charge in [0, 0.05) is 33.4 Å². The van der Waals surface area contributed by atoms with Gasteiger partial charge in [-0.25, -0.2) is 12.7 Å². The molecule has 23 heavy (non-hydrogen) atoms. The Hall–Kier alpha value is -1.48. The molecule has 0 radical (unpaired) electrons. The van der Waals surface area contributed by atoms with Crippen LogP contribution in [0.15, 0.2) is 29.2 Å². The summed E-state index contributed by atoms with van der Waals surface area (Å²) in [6.07, 6.45) is 0.683. The standard InChI is InChI=1S/C15H23N3O4S/c1-18(2)23(20,21)13-6-4-5-12(9-13)17-14(19)15(11-22-3)7-8-16-10-15/h4-6,9,16H,7-8,10-11H2,1-3H3,(H,17,19). The lowest BCUT2D eigenvalue weighted by Gasteiger charge is -2.26. The molecular weight excluding hydrogens is 318 g/mol. The maximum absolute atomic E-state index is 12.6. The van der Waals surface area contributed by atoms with Crippen LogP contribution >= 0.6 is 0 Å². The highest BCUT2D eigenvalue weighted by atomic mass is 32.2. The summed E-state index contributed by atoms with van der Waals surface area (Å²) in [6, 6.07) is 6.26. The number of ether oxygens (including phenoxy) is 1. The van der Waals surface area contributed by atoms with Gasteiger partial charge in [0.1, 0.15) is 0 Å². The van der Waals surface area contributed by atoms with E-state index < -0.39 is 15.4 Å². The number of rotatable bonds is 6. The van der Waals surface area contributed by atoms with Crippen LogP contribution < -0.4 is 10.6 Å². The molecule has 1 unspecified atom stereocenters. The van der Waals surface area contributed by atoms with E-state index in [4.69, 9.17) is 4.74 Å². The second kappa shape index (κ2) is 6.96. The SMILES string of the molecule is COCC1(C(=O)Nc2cccc(S(=O)(=O)N(C)C)c2)CCNC1. The van der Waals surface area contributed by atoms with Gasteiger partial charge in [-0.3, -0.25) is 4.79 Å². The van der Waals surface area contributed by atoms with Gasteiger partial charge in [-0.15, -0.1) is 0 Å². The molecule has 0 bridgehead atoms. The summed E-state index contributed by atoms with van der Waals surface area (Å²) >= 11 is 0. The average Bonchev–Trinajstić information content (AvgIpc) is 2.97. The third-order valence-corrected chi connectivity index (χ3v) is 5.83. The van der Waals surface area contributed by atoms with Crippen molar-refractivity contribution in [3.63, 3.8) is 0 Å². The number of sulfonamides is 1. The van der Waals surface area contributed by atoms with E-state index in [-0.39, 0.29) is 10.8 Å². The van der Waals surface area contributed by atoms with Gasteiger partial charge in [0.25, 0.3) is 0 Å². The van der Waals surface area contributed by atoms with Gasteiger partial charge in [0.15, 0.2) is 0 Å². The minimum atomic E-state index is -3.53. The van der Waals surface area contributed by atoms with Gasteiger partial charge in [-0.05, 0) is 31.2 Å². The van der Waals surface area contributed by atoms with Crippen LogP contribution in [0.5, 0.6) is 0 Å². The number of nitrogens with zero attached hydrogens (tertiary/aromatic N) is 1. The number of methoxy groups -OCH3 is 1. The normalized spacial score (nSPS) is 21.6. The molecule has 0 spiro atoms. The predicted octanol–water partition coefficient (Wildman–Crippen LogP) is 0.502. The van der Waals surface area contributed by atoms with Crippen molar-refractivity contribution in [2.45, 2.75) is 11.3 Å². The molecule has 1 aromatic carbocycles. The molecule has 1 aliphatic heterocycles. The van der Waals surface area contributed by atoms with Crippen LogP contribution in [0.3, 0.4) is 0 Å². The maximum Gasteiger partial charge on any atom is 0.242 e. The minimum Gasteiger partial charge on any atom is -0.384 e. The molecule has 1 atom stereocenters. The fourth-order valence-corrected chi connectivity index (χ4v) is 3.56. The highest BCUT2D eigenvalue weighted by Crippen LogP contribution is 2.28. The lowest BCUT2D eigenvalue weighted by Crippen LogP contribution is -2.41. The van der Waals surface area contributed by atoms with E-state index >= 15 is 0 Å². The number of carbonyl (C=O) groups excluding carboxylic acids is 1. The Morgan fingerprint density at radius 2 is 2.17 bits per heavy atom. The first kappa shape index (κ1) is 17.9. The molecule has 1 heterocycles. The summed E-state index contributed by atoms with van der Waals surface area (Å²) < 4.78 is 30.7. The molecule has 0 aromatic heterocycles. The van der Waals surface area contributed by atoms with Crippen molar-refractivity contribution in [1.82, 2.24) is 9.62 Å². The number of carbonyl (C=O) groups is 1. The summed E-state index contributed by atoms with van der Waals surface area (Å²) in [5.74, 6) is -0.163. The minimum absolute atomic E-state index is 0.144. The Kier molecular flexibility index (Phi) is 5.41. The molecule has 1 aromatic rings. The summed E-state index contributed by atoms with van der Waals surface area (Å²) in [5.41, 5.74) is -0.161. The molecule has 8 heteroatoms. The first-order valence-electron chi connectivity index (χ1n) is 7.35. The molecule has 1 fully saturated rings. The zero-order valence-corrected chi connectivity index (χ0v) is 14.4. The van der Waals surface area contributed by atoms with E-state index in [0.717, 1.165) is 10.8 Å². The second-order valence-electron chi connectivity index (χ2n) is 5.91. The first-order chi connectivity index (χ1) is 10.8. The van der Waals surface area contributed by atoms with E-state index in [0.29, 0.717) is 25.3 Å². The number of anilines is 1. The maximum atomic E-state index is 12.6. The molecular formula is C15H23N3O4S. The Morgan fingerprint density at radius 3 is 2.74 bits per heavy atom. The van der Waals surface area contributed by atoms with Crippen LogP contribution in [0.2, 0.25) is 0 Å². The van der Waals surface area contributed by atoms with Crippen LogP contribution in [0.4, 0.5) is 5.69 Å². The topological polar surface area (TPSA) is 87.7 Å². The molecule has 128 valence electrons. The Morgan fingerprint density at radius 1 is 1.43 bits per heavy atom. The van der Waals surface area contributed by atoms with Crippen LogP contribution in [0, 0.1) is 5.41 Å². The molecule has 1 saturated heterocycles. The monoisotopic (exact) mass is 341 g/mol. The molecule has 0 saturated carbocycles. The van der Waals surface area contributed by atoms with E-state index in [1.165, 1.54) is 26.2 Å². The van der Waals surface area contributed by atoms with Gasteiger partial charge in [-0.2, -0.15) is 0 Å². The van der Waals surface area contributed by atoms with E-state index in [1.807, 2.05) is 0 Å². The highest BCUT2D eigenvalue weighted by molar-refractivity contribution is 7.89. The molecule has 1 aliphatic rings. The zero-order valence-electron chi connectivity index (χ0n) is 13.6. The Labute approximate surface area is 137 Å². The quantitative estimate of drug-likeness (QED) is 0.787. The predicted molar refractivity (Wildman–Crippen MR) is 87.7 cm³/mol. The third-order valence-electron chi connectivity index (χ3n) is 4.02. The van der Waals surface area contributed by atoms with Crippen molar-refractivity contribution in [3.8, 4) is 0 Å². The highest BCUT2D eigenvalue weighted by Gasteiger charge is 2.41. The van der Waals surface area contributed by atoms with E-state index in [2.05, 4.69) is 10.6 Å². The van der Waals surface area contributed by atoms with E-state index in [9.17, 15) is 13.2 Å². The van der Waals surface area contributed by atoms with Crippen LogP contribution in [0.25, 0.3) is 0 Å². The average molecular weight is 341 g/mol. The largest absolute Gasteiger partial charge is 0.384 e. The van der Waals surface area contributed by atoms with Crippen molar-refractivity contribution in [1.29, 1.82) is 0 Å². The van der Waals surface area contributed by atoms with Crippen molar-refractivity contribution < 1.29 is 17.9 Å². The van der Waals surface area contributed by atoms with Crippen molar-refractivity contribution >= 4 is 21.6 Å². The van der Waals surface area contributed by atoms with Gasteiger partial charge >= 0.3 is 0 Å². The molecule has 2 N–H and O–H groups in total. The Balaban J connectivity index is 2.22. The van der Waals surface area contributed by atoms with Crippen molar-refractivity contribution in [2.24, 2.45) is 5.41 Å². The Bertz CT molecular complexity index is 667. The summed E-state index contributed by atoms with van der Waals surface area (Å²) in [4.78, 5) is 12.8. The van der Waals surface area contributed by atoms with Crippen molar-refractivity contribution in [2.75, 3.05) is 46.2 Å². The second-order valence-corrected chi connectivity index (χ2v) is 8.06. The molecule has 7 nitrogen and oxygen atoms in total. The summed E-state index contributed by atoms with van der Waals surface area (Å²) in [7, 11) is 0.974. The summed E-state index contributed by atoms with van der Waals surface area (Å²) in [5, 5.41) is 5.99. The lowest BCUT2D eigenvalue weighted by molar-refractivity contribution is -0.127. The smallest absolute Gasteiger partial charge is 0.242 e. The fourth-order valence-electron chi connectivity index (χ4n) is 2.61. The van der Waals surface area contributed by atoms with Crippen LogP contribution in [-0.4, -0.2) is 59.5 Å². The zero-order chi connectivity index (χ0) is 17.1. The number of amides is 1. The van der Waals surface area contributed by atoms with Gasteiger partial charge in [-0.1, -0.05) is 6.07 Å². The molecule has 0 aliphatic carbocycles. The number of benzene rings is 1. The third kappa shape index (κ3) is 3.72. The number of hydrogen-bond acceptors (Lipinski definition) is 5. The lowest BCUT2D eigenvalue weighted by atomic mass is 9.87. The number of nitrogens with one attached hydrogen (secondary N) is 2. The van der Waals surface area contributed by atoms with Gasteiger partial charge in [0.05, 0.1) is 16.9 Å². The van der Waals surface area contributed by atoms with Crippen LogP contribution in [0.1, 0.15) is 6.42 Å². The van der Waals surface area contributed by atoms with Crippen LogP contribution in [-0.2, 0) is 19.6 Å². The van der Waals surface area contributed by atoms with Crippen molar-refractivity contribution in [3.05, 3.63) is 24.3 Å². The van der Waals surface area contributed by atoms with E-state index in [1.54, 1.807) is 19.2 Å². The molecule has 1 amide bonds.